The molecule has 0 aromatic heterocycles. The minimum Gasteiger partial charge on any atom is -0.313 e. The van der Waals surface area contributed by atoms with Crippen molar-refractivity contribution in [3.05, 3.63) is 71.0 Å². The smallest absolute Gasteiger partial charge is 0.266 e. The van der Waals surface area contributed by atoms with Gasteiger partial charge in [0.2, 0.25) is 0 Å². The van der Waals surface area contributed by atoms with E-state index in [1.54, 1.807) is 30.3 Å². The Balaban J connectivity index is 2.23. The number of nitrogens with one attached hydrogen (secondary N) is 1. The van der Waals surface area contributed by atoms with Crippen molar-refractivity contribution in [2.75, 3.05) is 31.6 Å². The van der Waals surface area contributed by atoms with Gasteiger partial charge in [-0.25, -0.2) is 0 Å². The number of aryl methyl sites for hydroxylation is 1. The zero-order chi connectivity index (χ0) is 25.6. The van der Waals surface area contributed by atoms with Crippen molar-refractivity contribution < 1.29 is 4.79 Å². The van der Waals surface area contributed by atoms with Crippen LogP contribution in [0.4, 0.5) is 5.69 Å². The Morgan fingerprint density at radius 1 is 1.31 bits per heavy atom. The third kappa shape index (κ3) is 9.62. The van der Waals surface area contributed by atoms with Crippen LogP contribution in [0.3, 0.4) is 0 Å². The van der Waals surface area contributed by atoms with Crippen molar-refractivity contribution in [1.29, 1.82) is 0 Å². The van der Waals surface area contributed by atoms with E-state index in [9.17, 15) is 4.79 Å². The first kappa shape index (κ1) is 28.8. The van der Waals surface area contributed by atoms with Gasteiger partial charge in [-0.1, -0.05) is 56.5 Å². The number of amides is 1. The van der Waals surface area contributed by atoms with Crippen LogP contribution in [0.25, 0.3) is 0 Å². The molecule has 1 aromatic carbocycles. The molecule has 2 rings (SSSR count). The molecule has 190 valence electrons. The van der Waals surface area contributed by atoms with Gasteiger partial charge in [-0.2, -0.15) is 0 Å². The largest absolute Gasteiger partial charge is 0.313 e. The lowest BCUT2D eigenvalue weighted by atomic mass is 9.95. The summed E-state index contributed by atoms with van der Waals surface area (Å²) in [4.78, 5) is 22.3. The minimum atomic E-state index is -0.621. The summed E-state index contributed by atoms with van der Waals surface area (Å²) in [6.07, 6.45) is 14.7. The van der Waals surface area contributed by atoms with E-state index >= 15 is 0 Å². The summed E-state index contributed by atoms with van der Waals surface area (Å²) in [7, 11) is 1.81. The quantitative estimate of drug-likeness (QED) is 0.216. The van der Waals surface area contributed by atoms with Crippen LogP contribution in [0.5, 0.6) is 0 Å². The van der Waals surface area contributed by atoms with Crippen molar-refractivity contribution in [2.24, 2.45) is 4.99 Å². The van der Waals surface area contributed by atoms with Gasteiger partial charge in [-0.05, 0) is 74.7 Å². The van der Waals surface area contributed by atoms with Crippen molar-refractivity contribution >= 4 is 29.4 Å². The zero-order valence-electron chi connectivity index (χ0n) is 21.8. The number of hydrogen-bond acceptors (Lipinski definition) is 4. The molecule has 6 heteroatoms. The average molecular weight is 497 g/mol. The number of likely N-dealkylation sites (N-methyl/N-ethyl adjacent to an activating group) is 2. The normalized spacial score (nSPS) is 15.7. The topological polar surface area (TPSA) is 47.9 Å². The Morgan fingerprint density at radius 3 is 2.71 bits per heavy atom. The number of anilines is 1. The molecule has 1 saturated carbocycles. The van der Waals surface area contributed by atoms with Gasteiger partial charge in [0.15, 0.2) is 6.17 Å². The van der Waals surface area contributed by atoms with Crippen LogP contribution in [-0.2, 0) is 4.79 Å². The molecule has 1 aliphatic rings. The van der Waals surface area contributed by atoms with E-state index in [0.29, 0.717) is 11.1 Å². The molecule has 0 saturated heterocycles. The number of carbonyl (C=O) groups is 1. The molecule has 0 aliphatic heterocycles. The van der Waals surface area contributed by atoms with Crippen molar-refractivity contribution in [1.82, 2.24) is 10.2 Å². The molecule has 1 N–H and O–H groups in total. The van der Waals surface area contributed by atoms with Crippen molar-refractivity contribution in [2.45, 2.75) is 65.1 Å². The Labute approximate surface area is 216 Å². The second-order valence-electron chi connectivity index (χ2n) is 9.04. The number of hydrogen-bond donors (Lipinski definition) is 1. The van der Waals surface area contributed by atoms with Gasteiger partial charge in [-0.15, -0.1) is 5.73 Å². The zero-order valence-corrected chi connectivity index (χ0v) is 22.5. The third-order valence-corrected chi connectivity index (χ3v) is 6.57. The first-order valence-corrected chi connectivity index (χ1v) is 13.0. The molecule has 0 heterocycles. The van der Waals surface area contributed by atoms with Gasteiger partial charge in [0.1, 0.15) is 0 Å². The number of benzene rings is 1. The molecule has 1 unspecified atom stereocenters. The lowest BCUT2D eigenvalue weighted by Gasteiger charge is -2.31. The van der Waals surface area contributed by atoms with Gasteiger partial charge >= 0.3 is 0 Å². The van der Waals surface area contributed by atoms with Gasteiger partial charge < -0.3 is 10.2 Å². The maximum Gasteiger partial charge on any atom is 0.266 e. The molecular formula is C29H41ClN4O. The van der Waals surface area contributed by atoms with E-state index in [1.807, 2.05) is 44.2 Å². The number of rotatable bonds is 12. The highest BCUT2D eigenvalue weighted by molar-refractivity contribution is 6.30. The standard InChI is InChI=1S/C29H41ClN4O/c1-6-8-9-11-14-23(3)22-32-28(29(35)33(5)27-18-17-25(30)21-24(27)4)34(7-2)20-19-31-26-15-12-10-13-16-26/h6,8,11,14,17-18,21-22,26,28,31H,1,7,10,12-13,15-16,19-20H2,2-5H3/b23-14+,32-22+. The summed E-state index contributed by atoms with van der Waals surface area (Å²) in [5.41, 5.74) is 5.73. The highest BCUT2D eigenvalue weighted by Gasteiger charge is 2.28. The van der Waals surface area contributed by atoms with Crippen LogP contribution in [-0.4, -0.2) is 55.9 Å². The molecule has 0 spiro atoms. The minimum absolute atomic E-state index is 0.0684. The van der Waals surface area contributed by atoms with Crippen LogP contribution in [0, 0.1) is 6.92 Å². The molecule has 5 nitrogen and oxygen atoms in total. The molecule has 0 radical (unpaired) electrons. The van der Waals surface area contributed by atoms with E-state index in [4.69, 9.17) is 16.6 Å². The second-order valence-corrected chi connectivity index (χ2v) is 9.48. The second kappa shape index (κ2) is 15.5. The Kier molecular flexibility index (Phi) is 12.8. The lowest BCUT2D eigenvalue weighted by Crippen LogP contribution is -2.49. The Hall–Kier alpha value is -2.43. The molecule has 35 heavy (non-hydrogen) atoms. The molecule has 1 atom stereocenters. The third-order valence-electron chi connectivity index (χ3n) is 6.34. The van der Waals surface area contributed by atoms with Crippen LogP contribution in [0.1, 0.15) is 51.5 Å². The number of aliphatic imine (C=N–C) groups is 1. The lowest BCUT2D eigenvalue weighted by molar-refractivity contribution is -0.123. The highest BCUT2D eigenvalue weighted by Crippen LogP contribution is 2.24. The maximum absolute atomic E-state index is 13.7. The monoisotopic (exact) mass is 496 g/mol. The van der Waals surface area contributed by atoms with Gasteiger partial charge in [0, 0.05) is 43.1 Å². The van der Waals surface area contributed by atoms with Crippen LogP contribution in [0.15, 0.2) is 65.4 Å². The molecule has 1 fully saturated rings. The summed E-state index contributed by atoms with van der Waals surface area (Å²) < 4.78 is 0. The summed E-state index contributed by atoms with van der Waals surface area (Å²) in [6.45, 7) is 12.0. The Bertz CT molecular complexity index is 955. The SMILES string of the molecule is C=CC=C=C/C=C(C)/C=N/C(C(=O)N(C)c1ccc(Cl)cc1C)N(CC)CCNC1CCCCC1. The number of nitrogens with zero attached hydrogens (tertiary/aromatic N) is 3. The van der Waals surface area contributed by atoms with E-state index in [0.717, 1.165) is 36.5 Å². The van der Waals surface area contributed by atoms with E-state index in [2.05, 4.69) is 29.5 Å². The number of carbonyl (C=O) groups excluding carboxylic acids is 1. The van der Waals surface area contributed by atoms with Crippen molar-refractivity contribution in [3.8, 4) is 0 Å². The maximum atomic E-state index is 13.7. The summed E-state index contributed by atoms with van der Waals surface area (Å²) >= 11 is 6.14. The summed E-state index contributed by atoms with van der Waals surface area (Å²) in [6, 6.07) is 6.16. The molecule has 1 amide bonds. The van der Waals surface area contributed by atoms with Gasteiger partial charge in [0.05, 0.1) is 0 Å². The summed E-state index contributed by atoms with van der Waals surface area (Å²) in [5.74, 6) is -0.0684. The molecule has 1 aromatic rings. The summed E-state index contributed by atoms with van der Waals surface area (Å²) in [5, 5.41) is 4.35. The fourth-order valence-electron chi connectivity index (χ4n) is 4.31. The average Bonchev–Trinajstić information content (AvgIpc) is 2.85. The van der Waals surface area contributed by atoms with Gasteiger partial charge in [-0.3, -0.25) is 14.7 Å². The van der Waals surface area contributed by atoms with E-state index < -0.39 is 6.17 Å². The van der Waals surface area contributed by atoms with Crippen LogP contribution < -0.4 is 10.2 Å². The highest BCUT2D eigenvalue weighted by atomic mass is 35.5. The van der Waals surface area contributed by atoms with E-state index in [1.165, 1.54) is 32.1 Å². The Morgan fingerprint density at radius 2 is 2.06 bits per heavy atom. The van der Waals surface area contributed by atoms with Crippen LogP contribution in [0.2, 0.25) is 5.02 Å². The predicted molar refractivity (Wildman–Crippen MR) is 151 cm³/mol. The van der Waals surface area contributed by atoms with Crippen molar-refractivity contribution in [3.63, 3.8) is 0 Å². The predicted octanol–water partition coefficient (Wildman–Crippen LogP) is 6.10. The number of halogens is 1. The fourth-order valence-corrected chi connectivity index (χ4v) is 4.53. The molecule has 0 bridgehead atoms. The first-order valence-electron chi connectivity index (χ1n) is 12.6. The number of allylic oxidation sites excluding steroid dienone is 4. The molecule has 1 aliphatic carbocycles. The van der Waals surface area contributed by atoms with Crippen LogP contribution >= 0.6 is 11.6 Å². The molecular weight excluding hydrogens is 456 g/mol. The van der Waals surface area contributed by atoms with E-state index in [-0.39, 0.29) is 5.91 Å². The fraction of sp³-hybridized carbons (Fsp3) is 0.483. The van der Waals surface area contributed by atoms with Gasteiger partial charge in [0.25, 0.3) is 5.91 Å². The first-order chi connectivity index (χ1) is 16.9.